The summed E-state index contributed by atoms with van der Waals surface area (Å²) in [5.41, 5.74) is 2.97. The first-order chi connectivity index (χ1) is 16.1. The second-order valence-corrected chi connectivity index (χ2v) is 8.45. The van der Waals surface area contributed by atoms with Gasteiger partial charge in [0.25, 0.3) is 5.89 Å². The zero-order valence-corrected chi connectivity index (χ0v) is 19.7. The number of aryl methyl sites for hydroxylation is 1. The van der Waals surface area contributed by atoms with Crippen molar-refractivity contribution >= 4 is 11.8 Å². The Hall–Kier alpha value is -3.11. The van der Waals surface area contributed by atoms with Crippen LogP contribution in [0.1, 0.15) is 30.5 Å². The number of nitrogens with zero attached hydrogens (tertiary/aromatic N) is 7. The molecule has 10 nitrogen and oxygen atoms in total. The van der Waals surface area contributed by atoms with E-state index < -0.39 is 0 Å². The summed E-state index contributed by atoms with van der Waals surface area (Å²) in [5.74, 6) is 2.33. The van der Waals surface area contributed by atoms with Gasteiger partial charge in [-0.1, -0.05) is 6.92 Å². The molecule has 0 unspecified atom stereocenters. The minimum atomic E-state index is 0.441. The Bertz CT molecular complexity index is 1030. The van der Waals surface area contributed by atoms with Gasteiger partial charge in [-0.25, -0.2) is 4.98 Å². The van der Waals surface area contributed by atoms with Crippen molar-refractivity contribution in [3.05, 3.63) is 41.7 Å². The van der Waals surface area contributed by atoms with E-state index in [1.54, 1.807) is 6.20 Å². The lowest BCUT2D eigenvalue weighted by Crippen LogP contribution is -2.43. The molecule has 4 rings (SSSR count). The first-order valence-corrected chi connectivity index (χ1v) is 11.6. The molecule has 1 aliphatic heterocycles. The minimum Gasteiger partial charge on any atom is -0.419 e. The lowest BCUT2D eigenvalue weighted by Gasteiger charge is -2.31. The average Bonchev–Trinajstić information content (AvgIpc) is 3.27. The fraction of sp³-hybridized carbons (Fsp3) is 0.522. The Morgan fingerprint density at radius 2 is 1.91 bits per heavy atom. The second-order valence-electron chi connectivity index (χ2n) is 8.45. The van der Waals surface area contributed by atoms with Crippen molar-refractivity contribution in [3.8, 4) is 11.5 Å². The number of hydrogen-bond donors (Lipinski definition) is 2. The molecule has 0 aliphatic carbocycles. The van der Waals surface area contributed by atoms with Crippen LogP contribution in [0, 0.1) is 6.92 Å². The smallest absolute Gasteiger partial charge is 0.253 e. The standard InChI is InChI=1S/C23H33N9O/c1-4-7-25-21-19(22-30-29-20(33-22)16-32-12-10-31(3)11-13-32)15-27-23(28-21)26-9-6-18-5-8-24-17(2)14-18/h5,8,14-15H,4,6-7,9-13,16H2,1-3H3,(H2,25,26,27,28). The van der Waals surface area contributed by atoms with Gasteiger partial charge < -0.3 is 20.0 Å². The second kappa shape index (κ2) is 11.2. The number of rotatable bonds is 10. The molecule has 10 heteroatoms. The highest BCUT2D eigenvalue weighted by Gasteiger charge is 2.19. The fourth-order valence-electron chi connectivity index (χ4n) is 3.70. The summed E-state index contributed by atoms with van der Waals surface area (Å²) in [6, 6.07) is 4.12. The molecule has 0 aromatic carbocycles. The van der Waals surface area contributed by atoms with E-state index in [4.69, 9.17) is 4.42 Å². The lowest BCUT2D eigenvalue weighted by molar-refractivity contribution is 0.138. The molecule has 3 aromatic heterocycles. The van der Waals surface area contributed by atoms with Crippen LogP contribution in [-0.2, 0) is 13.0 Å². The topological polar surface area (TPSA) is 108 Å². The molecule has 0 radical (unpaired) electrons. The molecule has 1 aliphatic rings. The summed E-state index contributed by atoms with van der Waals surface area (Å²) in [6.45, 7) is 10.4. The summed E-state index contributed by atoms with van der Waals surface area (Å²) in [6.07, 6.45) is 5.43. The Morgan fingerprint density at radius 1 is 1.06 bits per heavy atom. The van der Waals surface area contributed by atoms with Crippen molar-refractivity contribution in [1.82, 2.24) is 34.9 Å². The third-order valence-electron chi connectivity index (χ3n) is 5.64. The minimum absolute atomic E-state index is 0.441. The van der Waals surface area contributed by atoms with Crippen molar-refractivity contribution in [2.45, 2.75) is 33.2 Å². The van der Waals surface area contributed by atoms with Crippen molar-refractivity contribution in [2.24, 2.45) is 0 Å². The zero-order valence-electron chi connectivity index (χ0n) is 19.7. The highest BCUT2D eigenvalue weighted by atomic mass is 16.4. The summed E-state index contributed by atoms with van der Waals surface area (Å²) in [5, 5.41) is 15.2. The predicted octanol–water partition coefficient (Wildman–Crippen LogP) is 2.45. The highest BCUT2D eigenvalue weighted by molar-refractivity contribution is 5.69. The van der Waals surface area contributed by atoms with Crippen LogP contribution in [0.5, 0.6) is 0 Å². The van der Waals surface area contributed by atoms with Gasteiger partial charge in [-0.15, -0.1) is 10.2 Å². The molecule has 33 heavy (non-hydrogen) atoms. The van der Waals surface area contributed by atoms with Gasteiger partial charge in [0.05, 0.1) is 12.1 Å². The monoisotopic (exact) mass is 451 g/mol. The van der Waals surface area contributed by atoms with Gasteiger partial charge in [0.2, 0.25) is 11.8 Å². The van der Waals surface area contributed by atoms with Crippen LogP contribution in [-0.4, -0.2) is 81.3 Å². The van der Waals surface area contributed by atoms with Gasteiger partial charge in [0, 0.05) is 57.4 Å². The summed E-state index contributed by atoms with van der Waals surface area (Å²) in [4.78, 5) is 18.1. The van der Waals surface area contributed by atoms with Gasteiger partial charge in [-0.05, 0) is 44.5 Å². The molecule has 176 valence electrons. The third-order valence-corrected chi connectivity index (χ3v) is 5.64. The van der Waals surface area contributed by atoms with Crippen LogP contribution in [0.25, 0.3) is 11.5 Å². The van der Waals surface area contributed by atoms with Gasteiger partial charge in [0.15, 0.2) is 0 Å². The Kier molecular flexibility index (Phi) is 7.79. The van der Waals surface area contributed by atoms with E-state index in [1.807, 2.05) is 19.2 Å². The summed E-state index contributed by atoms with van der Waals surface area (Å²) < 4.78 is 5.99. The van der Waals surface area contributed by atoms with E-state index in [1.165, 1.54) is 5.56 Å². The average molecular weight is 452 g/mol. The van der Waals surface area contributed by atoms with Crippen molar-refractivity contribution in [2.75, 3.05) is 56.9 Å². The summed E-state index contributed by atoms with van der Waals surface area (Å²) >= 11 is 0. The van der Waals surface area contributed by atoms with E-state index in [-0.39, 0.29) is 0 Å². The largest absolute Gasteiger partial charge is 0.419 e. The van der Waals surface area contributed by atoms with Gasteiger partial charge in [-0.2, -0.15) is 4.98 Å². The molecule has 0 atom stereocenters. The number of likely N-dealkylation sites (N-methyl/N-ethyl adjacent to an activating group) is 1. The van der Waals surface area contributed by atoms with Gasteiger partial charge in [0.1, 0.15) is 5.82 Å². The van der Waals surface area contributed by atoms with Crippen LogP contribution in [0.15, 0.2) is 28.9 Å². The maximum absolute atomic E-state index is 5.99. The zero-order chi connectivity index (χ0) is 23.0. The molecule has 2 N–H and O–H groups in total. The van der Waals surface area contributed by atoms with Gasteiger partial charge >= 0.3 is 0 Å². The summed E-state index contributed by atoms with van der Waals surface area (Å²) in [7, 11) is 2.14. The molecule has 1 fully saturated rings. The highest BCUT2D eigenvalue weighted by Crippen LogP contribution is 2.26. The quantitative estimate of drug-likeness (QED) is 0.477. The van der Waals surface area contributed by atoms with Crippen LogP contribution in [0.4, 0.5) is 11.8 Å². The number of hydrogen-bond acceptors (Lipinski definition) is 10. The molecular formula is C23H33N9O. The van der Waals surface area contributed by atoms with E-state index in [0.717, 1.165) is 63.4 Å². The molecule has 0 amide bonds. The van der Waals surface area contributed by atoms with Crippen LogP contribution < -0.4 is 10.6 Å². The van der Waals surface area contributed by atoms with Crippen LogP contribution in [0.3, 0.4) is 0 Å². The Labute approximate surface area is 194 Å². The molecule has 0 bridgehead atoms. The van der Waals surface area contributed by atoms with E-state index in [9.17, 15) is 0 Å². The molecule has 4 heterocycles. The van der Waals surface area contributed by atoms with Crippen LogP contribution >= 0.6 is 0 Å². The first-order valence-electron chi connectivity index (χ1n) is 11.6. The first kappa shape index (κ1) is 23.1. The van der Waals surface area contributed by atoms with E-state index in [2.05, 4.69) is 65.6 Å². The number of piperazine rings is 1. The Balaban J connectivity index is 1.42. The lowest BCUT2D eigenvalue weighted by atomic mass is 10.2. The molecule has 0 spiro atoms. The molecular weight excluding hydrogens is 418 g/mol. The predicted molar refractivity (Wildman–Crippen MR) is 128 cm³/mol. The van der Waals surface area contributed by atoms with E-state index in [0.29, 0.717) is 30.1 Å². The van der Waals surface area contributed by atoms with Crippen molar-refractivity contribution in [3.63, 3.8) is 0 Å². The number of pyridine rings is 1. The maximum atomic E-state index is 5.99. The third kappa shape index (κ3) is 6.45. The number of anilines is 2. The normalized spacial score (nSPS) is 15.0. The van der Waals surface area contributed by atoms with Crippen LogP contribution in [0.2, 0.25) is 0 Å². The molecule has 0 saturated carbocycles. The number of nitrogens with one attached hydrogen (secondary N) is 2. The fourth-order valence-corrected chi connectivity index (χ4v) is 3.70. The molecule has 3 aromatic rings. The number of aromatic nitrogens is 5. The van der Waals surface area contributed by atoms with Gasteiger partial charge in [-0.3, -0.25) is 9.88 Å². The van der Waals surface area contributed by atoms with E-state index >= 15 is 0 Å². The van der Waals surface area contributed by atoms with Crippen molar-refractivity contribution < 1.29 is 4.42 Å². The van der Waals surface area contributed by atoms with Crippen molar-refractivity contribution in [1.29, 1.82) is 0 Å². The SMILES string of the molecule is CCCNc1nc(NCCc2ccnc(C)c2)ncc1-c1nnc(CN2CCN(C)CC2)o1. The maximum Gasteiger partial charge on any atom is 0.253 e. The molecule has 1 saturated heterocycles. The Morgan fingerprint density at radius 3 is 2.70 bits per heavy atom.